The molecule has 3 aromatic heterocycles. The van der Waals surface area contributed by atoms with Gasteiger partial charge >= 0.3 is 0 Å². The van der Waals surface area contributed by atoms with E-state index in [0.29, 0.717) is 18.8 Å². The van der Waals surface area contributed by atoms with Crippen molar-refractivity contribution in [2.75, 3.05) is 6.54 Å². The van der Waals surface area contributed by atoms with E-state index in [-0.39, 0.29) is 11.6 Å². The van der Waals surface area contributed by atoms with Gasteiger partial charge in [0.1, 0.15) is 16.8 Å². The van der Waals surface area contributed by atoms with E-state index in [9.17, 15) is 4.79 Å². The van der Waals surface area contributed by atoms with Crippen LogP contribution in [0.15, 0.2) is 16.8 Å². The monoisotopic (exact) mass is 288 g/mol. The van der Waals surface area contributed by atoms with Gasteiger partial charge in [-0.3, -0.25) is 14.2 Å². The lowest BCUT2D eigenvalue weighted by molar-refractivity contribution is 0.0943. The molecule has 0 bridgehead atoms. The number of carbonyl (C=O) groups is 1. The molecule has 0 unspecified atom stereocenters. The second-order valence-corrected chi connectivity index (χ2v) is 4.89. The number of nitrogens with zero attached hydrogens (tertiary/aromatic N) is 5. The molecule has 1 amide bonds. The van der Waals surface area contributed by atoms with Crippen LogP contribution >= 0.6 is 0 Å². The normalized spacial score (nSPS) is 11.2. The lowest BCUT2D eigenvalue weighted by Crippen LogP contribution is -2.27. The highest BCUT2D eigenvalue weighted by molar-refractivity contribution is 5.92. The number of carbonyl (C=O) groups excluding carboxylic acids is 1. The molecule has 3 aromatic rings. The average Bonchev–Trinajstić information content (AvgIpc) is 3.10. The zero-order valence-corrected chi connectivity index (χ0v) is 12.1. The minimum absolute atomic E-state index is 0.252. The van der Waals surface area contributed by atoms with Crippen LogP contribution in [0.4, 0.5) is 0 Å². The van der Waals surface area contributed by atoms with Gasteiger partial charge in [-0.15, -0.1) is 0 Å². The number of aryl methyl sites for hydroxylation is 3. The summed E-state index contributed by atoms with van der Waals surface area (Å²) >= 11 is 0. The van der Waals surface area contributed by atoms with Crippen molar-refractivity contribution in [3.8, 4) is 0 Å². The van der Waals surface area contributed by atoms with E-state index in [1.807, 2.05) is 18.7 Å². The first-order valence-corrected chi connectivity index (χ1v) is 6.63. The summed E-state index contributed by atoms with van der Waals surface area (Å²) in [4.78, 5) is 11.8. The highest BCUT2D eigenvalue weighted by atomic mass is 16.5. The van der Waals surface area contributed by atoms with Crippen LogP contribution in [0.2, 0.25) is 0 Å². The molecule has 0 fully saturated rings. The minimum Gasteiger partial charge on any atom is -0.361 e. The SMILES string of the molecule is Cc1cc(C(=O)NCCn2ncc3c2c(C)nn3C)no1. The third-order valence-corrected chi connectivity index (χ3v) is 3.28. The lowest BCUT2D eigenvalue weighted by Gasteiger charge is -2.04. The number of rotatable bonds is 4. The van der Waals surface area contributed by atoms with Crippen molar-refractivity contribution in [1.29, 1.82) is 0 Å². The van der Waals surface area contributed by atoms with E-state index in [0.717, 1.165) is 16.7 Å². The minimum atomic E-state index is -0.252. The second kappa shape index (κ2) is 5.04. The molecule has 0 aliphatic carbocycles. The Hall–Kier alpha value is -2.64. The Kier molecular flexibility index (Phi) is 3.20. The van der Waals surface area contributed by atoms with Gasteiger partial charge in [-0.1, -0.05) is 5.16 Å². The van der Waals surface area contributed by atoms with Gasteiger partial charge in [0.05, 0.1) is 18.4 Å². The summed E-state index contributed by atoms with van der Waals surface area (Å²) in [5.74, 6) is 0.359. The van der Waals surface area contributed by atoms with E-state index in [1.54, 1.807) is 23.9 Å². The van der Waals surface area contributed by atoms with E-state index in [2.05, 4.69) is 20.7 Å². The molecule has 0 atom stereocenters. The van der Waals surface area contributed by atoms with Gasteiger partial charge in [-0.2, -0.15) is 10.2 Å². The molecule has 8 nitrogen and oxygen atoms in total. The second-order valence-electron chi connectivity index (χ2n) is 4.89. The fourth-order valence-electron chi connectivity index (χ4n) is 2.32. The van der Waals surface area contributed by atoms with Crippen molar-refractivity contribution >= 4 is 16.9 Å². The number of hydrogen-bond acceptors (Lipinski definition) is 5. The van der Waals surface area contributed by atoms with Crippen LogP contribution in [0.3, 0.4) is 0 Å². The first kappa shape index (κ1) is 13.3. The molecular weight excluding hydrogens is 272 g/mol. The molecule has 0 radical (unpaired) electrons. The molecule has 0 aliphatic heterocycles. The Morgan fingerprint density at radius 2 is 2.24 bits per heavy atom. The Bertz CT molecular complexity index is 797. The summed E-state index contributed by atoms with van der Waals surface area (Å²) in [6.45, 7) is 4.71. The summed E-state index contributed by atoms with van der Waals surface area (Å²) in [6.07, 6.45) is 1.78. The molecule has 3 heterocycles. The smallest absolute Gasteiger partial charge is 0.273 e. The predicted molar refractivity (Wildman–Crippen MR) is 74.8 cm³/mol. The maximum atomic E-state index is 11.8. The largest absolute Gasteiger partial charge is 0.361 e. The molecule has 110 valence electrons. The highest BCUT2D eigenvalue weighted by Crippen LogP contribution is 2.16. The highest BCUT2D eigenvalue weighted by Gasteiger charge is 2.13. The van der Waals surface area contributed by atoms with Gasteiger partial charge in [-0.05, 0) is 13.8 Å². The number of hydrogen-bond donors (Lipinski definition) is 1. The molecule has 0 spiro atoms. The lowest BCUT2D eigenvalue weighted by atomic mass is 10.3. The van der Waals surface area contributed by atoms with E-state index >= 15 is 0 Å². The van der Waals surface area contributed by atoms with Gasteiger partial charge < -0.3 is 9.84 Å². The van der Waals surface area contributed by atoms with E-state index < -0.39 is 0 Å². The van der Waals surface area contributed by atoms with Gasteiger partial charge in [-0.25, -0.2) is 0 Å². The number of aromatic nitrogens is 5. The van der Waals surface area contributed by atoms with Crippen LogP contribution in [-0.4, -0.2) is 37.2 Å². The standard InChI is InChI=1S/C13H16N6O2/c1-8-6-10(17-21-8)13(20)14-4-5-19-12-9(2)16-18(3)11(12)7-15-19/h6-7H,4-5H2,1-3H3,(H,14,20). The molecule has 0 aromatic carbocycles. The maximum absolute atomic E-state index is 11.8. The average molecular weight is 288 g/mol. The third-order valence-electron chi connectivity index (χ3n) is 3.28. The summed E-state index contributed by atoms with van der Waals surface area (Å²) in [5, 5.41) is 15.1. The fourth-order valence-corrected chi connectivity index (χ4v) is 2.32. The van der Waals surface area contributed by atoms with Crippen molar-refractivity contribution in [2.24, 2.45) is 7.05 Å². The summed E-state index contributed by atoms with van der Waals surface area (Å²) in [7, 11) is 1.88. The van der Waals surface area contributed by atoms with Crippen molar-refractivity contribution < 1.29 is 9.32 Å². The van der Waals surface area contributed by atoms with Crippen LogP contribution in [0.25, 0.3) is 11.0 Å². The van der Waals surface area contributed by atoms with Crippen LogP contribution in [-0.2, 0) is 13.6 Å². The number of fused-ring (bicyclic) bond motifs is 1. The first-order chi connectivity index (χ1) is 10.1. The van der Waals surface area contributed by atoms with Crippen LogP contribution in [0.1, 0.15) is 21.9 Å². The molecule has 3 rings (SSSR count). The molecule has 21 heavy (non-hydrogen) atoms. The van der Waals surface area contributed by atoms with Crippen molar-refractivity contribution in [1.82, 2.24) is 30.0 Å². The first-order valence-electron chi connectivity index (χ1n) is 6.63. The summed E-state index contributed by atoms with van der Waals surface area (Å²) in [5.41, 5.74) is 3.18. The molecule has 8 heteroatoms. The maximum Gasteiger partial charge on any atom is 0.273 e. The van der Waals surface area contributed by atoms with Gasteiger partial charge in [0.25, 0.3) is 5.91 Å². The van der Waals surface area contributed by atoms with Crippen molar-refractivity contribution in [2.45, 2.75) is 20.4 Å². The molecule has 0 saturated carbocycles. The van der Waals surface area contributed by atoms with Gasteiger partial charge in [0.15, 0.2) is 5.69 Å². The molecule has 0 saturated heterocycles. The Morgan fingerprint density at radius 1 is 1.43 bits per heavy atom. The van der Waals surface area contributed by atoms with Crippen LogP contribution < -0.4 is 5.32 Å². The Labute approximate surface area is 120 Å². The fraction of sp³-hybridized carbons (Fsp3) is 0.385. The Balaban J connectivity index is 1.66. The quantitative estimate of drug-likeness (QED) is 0.767. The van der Waals surface area contributed by atoms with Crippen molar-refractivity contribution in [3.05, 3.63) is 29.4 Å². The van der Waals surface area contributed by atoms with Gasteiger partial charge in [0.2, 0.25) is 0 Å². The van der Waals surface area contributed by atoms with Crippen LogP contribution in [0.5, 0.6) is 0 Å². The molecule has 1 N–H and O–H groups in total. The van der Waals surface area contributed by atoms with E-state index in [1.165, 1.54) is 0 Å². The predicted octanol–water partition coefficient (Wildman–Crippen LogP) is 0.805. The van der Waals surface area contributed by atoms with E-state index in [4.69, 9.17) is 4.52 Å². The Morgan fingerprint density at radius 3 is 2.95 bits per heavy atom. The van der Waals surface area contributed by atoms with Crippen LogP contribution in [0, 0.1) is 13.8 Å². The summed E-state index contributed by atoms with van der Waals surface area (Å²) in [6, 6.07) is 1.60. The number of amides is 1. The van der Waals surface area contributed by atoms with Crippen molar-refractivity contribution in [3.63, 3.8) is 0 Å². The summed E-state index contributed by atoms with van der Waals surface area (Å²) < 4.78 is 8.51. The topological polar surface area (TPSA) is 90.8 Å². The molecule has 0 aliphatic rings. The molecular formula is C13H16N6O2. The zero-order valence-electron chi connectivity index (χ0n) is 12.1. The number of nitrogens with one attached hydrogen (secondary N) is 1. The zero-order chi connectivity index (χ0) is 15.0. The third kappa shape index (κ3) is 2.39. The van der Waals surface area contributed by atoms with Gasteiger partial charge in [0, 0.05) is 19.7 Å².